The van der Waals surface area contributed by atoms with E-state index in [-0.39, 0.29) is 0 Å². The van der Waals surface area contributed by atoms with Crippen molar-refractivity contribution in [3.63, 3.8) is 0 Å². The molecule has 2 nitrogen and oxygen atoms in total. The number of phenolic OH excluding ortho intramolecular Hbond substituents is 1. The van der Waals surface area contributed by atoms with E-state index in [4.69, 9.17) is 0 Å². The largest absolute Gasteiger partial charge is 0.508 e. The van der Waals surface area contributed by atoms with Gasteiger partial charge in [-0.15, -0.1) is 0 Å². The summed E-state index contributed by atoms with van der Waals surface area (Å²) < 4.78 is 0. The molecule has 0 saturated carbocycles. The normalized spacial score (nSPS) is 12.5. The molecule has 0 aliphatic heterocycles. The zero-order valence-electron chi connectivity index (χ0n) is 8.25. The van der Waals surface area contributed by atoms with Crippen molar-refractivity contribution in [1.29, 1.82) is 0 Å². The van der Waals surface area contributed by atoms with E-state index in [1.165, 1.54) is 6.42 Å². The molecule has 0 amide bonds. The first-order valence-electron chi connectivity index (χ1n) is 4.78. The van der Waals surface area contributed by atoms with Gasteiger partial charge in [-0.05, 0) is 25.5 Å². The van der Waals surface area contributed by atoms with E-state index in [1.807, 2.05) is 12.1 Å². The fourth-order valence-corrected chi connectivity index (χ4v) is 1.39. The van der Waals surface area contributed by atoms with E-state index in [0.717, 1.165) is 12.1 Å². The Morgan fingerprint density at radius 3 is 2.85 bits per heavy atom. The molecule has 0 radical (unpaired) electrons. The highest BCUT2D eigenvalue weighted by Crippen LogP contribution is 2.16. The van der Waals surface area contributed by atoms with Crippen molar-refractivity contribution in [3.05, 3.63) is 24.3 Å². The second-order valence-corrected chi connectivity index (χ2v) is 3.38. The summed E-state index contributed by atoms with van der Waals surface area (Å²) >= 11 is 0. The summed E-state index contributed by atoms with van der Waals surface area (Å²) in [4.78, 5) is 0. The number of phenols is 1. The van der Waals surface area contributed by atoms with Crippen LogP contribution in [0, 0.1) is 0 Å². The minimum Gasteiger partial charge on any atom is -0.508 e. The van der Waals surface area contributed by atoms with Gasteiger partial charge in [0.15, 0.2) is 0 Å². The first-order valence-corrected chi connectivity index (χ1v) is 4.78. The summed E-state index contributed by atoms with van der Waals surface area (Å²) in [5.41, 5.74) is 0.987. The topological polar surface area (TPSA) is 32.3 Å². The number of aromatic hydroxyl groups is 1. The molecule has 0 spiro atoms. The summed E-state index contributed by atoms with van der Waals surface area (Å²) in [7, 11) is 0. The minimum absolute atomic E-state index is 0.314. The van der Waals surface area contributed by atoms with Crippen LogP contribution in [0.5, 0.6) is 5.75 Å². The zero-order chi connectivity index (χ0) is 9.68. The zero-order valence-corrected chi connectivity index (χ0v) is 8.25. The van der Waals surface area contributed by atoms with Gasteiger partial charge in [-0.1, -0.05) is 19.4 Å². The predicted octanol–water partition coefficient (Wildman–Crippen LogP) is 2.99. The molecule has 0 aliphatic carbocycles. The Morgan fingerprint density at radius 1 is 1.46 bits per heavy atom. The van der Waals surface area contributed by atoms with Gasteiger partial charge in [0.25, 0.3) is 0 Å². The third kappa shape index (κ3) is 3.36. The lowest BCUT2D eigenvalue weighted by Crippen LogP contribution is -2.14. The number of hydrogen-bond acceptors (Lipinski definition) is 2. The highest BCUT2D eigenvalue weighted by atomic mass is 16.3. The molecule has 0 saturated heterocycles. The van der Waals surface area contributed by atoms with Crippen molar-refractivity contribution in [2.24, 2.45) is 0 Å². The lowest BCUT2D eigenvalue weighted by Gasteiger charge is -2.13. The van der Waals surface area contributed by atoms with Crippen molar-refractivity contribution in [1.82, 2.24) is 0 Å². The molecule has 1 aromatic carbocycles. The van der Waals surface area contributed by atoms with E-state index < -0.39 is 0 Å². The van der Waals surface area contributed by atoms with Crippen LogP contribution in [0.15, 0.2) is 24.3 Å². The molecule has 0 aliphatic rings. The van der Waals surface area contributed by atoms with Crippen molar-refractivity contribution >= 4 is 5.69 Å². The van der Waals surface area contributed by atoms with Crippen molar-refractivity contribution < 1.29 is 5.11 Å². The van der Waals surface area contributed by atoms with Crippen LogP contribution in [0.4, 0.5) is 5.69 Å². The van der Waals surface area contributed by atoms with Crippen LogP contribution < -0.4 is 5.32 Å². The van der Waals surface area contributed by atoms with Crippen LogP contribution in [0.2, 0.25) is 0 Å². The highest BCUT2D eigenvalue weighted by Gasteiger charge is 2.00. The SMILES string of the molecule is CCCC(C)Nc1cccc(O)c1. The van der Waals surface area contributed by atoms with Crippen LogP contribution in [0.3, 0.4) is 0 Å². The molecule has 1 unspecified atom stereocenters. The second-order valence-electron chi connectivity index (χ2n) is 3.38. The number of rotatable bonds is 4. The molecular formula is C11H17NO. The molecular weight excluding hydrogens is 162 g/mol. The molecule has 2 heteroatoms. The standard InChI is InChI=1S/C11H17NO/c1-3-5-9(2)12-10-6-4-7-11(13)8-10/h4,6-9,12-13H,3,5H2,1-2H3. The maximum Gasteiger partial charge on any atom is 0.117 e. The molecule has 72 valence electrons. The Balaban J connectivity index is 2.53. The lowest BCUT2D eigenvalue weighted by atomic mass is 10.2. The van der Waals surface area contributed by atoms with Gasteiger partial charge in [0.05, 0.1) is 0 Å². The summed E-state index contributed by atoms with van der Waals surface area (Å²) in [6, 6.07) is 7.69. The Bertz CT molecular complexity index is 260. The summed E-state index contributed by atoms with van der Waals surface area (Å²) in [6.45, 7) is 4.31. The van der Waals surface area contributed by atoms with Gasteiger partial charge in [-0.2, -0.15) is 0 Å². The quantitative estimate of drug-likeness (QED) is 0.744. The first kappa shape index (κ1) is 9.90. The van der Waals surface area contributed by atoms with Crippen molar-refractivity contribution in [3.8, 4) is 5.75 Å². The van der Waals surface area contributed by atoms with E-state index in [0.29, 0.717) is 11.8 Å². The number of benzene rings is 1. The second kappa shape index (κ2) is 4.75. The van der Waals surface area contributed by atoms with Gasteiger partial charge in [0, 0.05) is 17.8 Å². The van der Waals surface area contributed by atoms with E-state index >= 15 is 0 Å². The average molecular weight is 179 g/mol. The molecule has 0 bridgehead atoms. The number of anilines is 1. The third-order valence-electron chi connectivity index (χ3n) is 1.98. The summed E-state index contributed by atoms with van der Waals surface area (Å²) in [5, 5.41) is 12.5. The first-order chi connectivity index (χ1) is 6.22. The van der Waals surface area contributed by atoms with E-state index in [1.54, 1.807) is 12.1 Å². The van der Waals surface area contributed by atoms with Gasteiger partial charge in [0.1, 0.15) is 5.75 Å². The molecule has 0 fully saturated rings. The lowest BCUT2D eigenvalue weighted by molar-refractivity contribution is 0.475. The van der Waals surface area contributed by atoms with Gasteiger partial charge in [0.2, 0.25) is 0 Å². The van der Waals surface area contributed by atoms with Gasteiger partial charge < -0.3 is 10.4 Å². The highest BCUT2D eigenvalue weighted by molar-refractivity contribution is 5.48. The van der Waals surface area contributed by atoms with E-state index in [9.17, 15) is 5.11 Å². The fourth-order valence-electron chi connectivity index (χ4n) is 1.39. The minimum atomic E-state index is 0.314. The Labute approximate surface area is 79.6 Å². The maximum atomic E-state index is 9.22. The van der Waals surface area contributed by atoms with Gasteiger partial charge in [-0.25, -0.2) is 0 Å². The average Bonchev–Trinajstić information content (AvgIpc) is 2.04. The Morgan fingerprint density at radius 2 is 2.23 bits per heavy atom. The predicted molar refractivity (Wildman–Crippen MR) is 56.1 cm³/mol. The Kier molecular flexibility index (Phi) is 3.62. The fraction of sp³-hybridized carbons (Fsp3) is 0.455. The van der Waals surface area contributed by atoms with Crippen molar-refractivity contribution in [2.75, 3.05) is 5.32 Å². The summed E-state index contributed by atoms with van der Waals surface area (Å²) in [6.07, 6.45) is 2.32. The van der Waals surface area contributed by atoms with Crippen LogP contribution >= 0.6 is 0 Å². The van der Waals surface area contributed by atoms with Crippen LogP contribution in [-0.2, 0) is 0 Å². The maximum absolute atomic E-state index is 9.22. The van der Waals surface area contributed by atoms with Gasteiger partial charge >= 0.3 is 0 Å². The number of nitrogens with one attached hydrogen (secondary N) is 1. The number of hydrogen-bond donors (Lipinski definition) is 2. The van der Waals surface area contributed by atoms with Crippen LogP contribution in [-0.4, -0.2) is 11.1 Å². The summed E-state index contributed by atoms with van der Waals surface area (Å²) in [5.74, 6) is 0.314. The molecule has 13 heavy (non-hydrogen) atoms. The molecule has 0 aromatic heterocycles. The smallest absolute Gasteiger partial charge is 0.117 e. The van der Waals surface area contributed by atoms with Crippen LogP contribution in [0.1, 0.15) is 26.7 Å². The van der Waals surface area contributed by atoms with Crippen LogP contribution in [0.25, 0.3) is 0 Å². The molecule has 1 atom stereocenters. The van der Waals surface area contributed by atoms with Gasteiger partial charge in [-0.3, -0.25) is 0 Å². The van der Waals surface area contributed by atoms with E-state index in [2.05, 4.69) is 19.2 Å². The molecule has 1 rings (SSSR count). The monoisotopic (exact) mass is 179 g/mol. The third-order valence-corrected chi connectivity index (χ3v) is 1.98. The molecule has 0 heterocycles. The molecule has 2 N–H and O–H groups in total. The Hall–Kier alpha value is -1.18. The van der Waals surface area contributed by atoms with Crippen molar-refractivity contribution in [2.45, 2.75) is 32.7 Å². The molecule has 1 aromatic rings.